The summed E-state index contributed by atoms with van der Waals surface area (Å²) in [6.45, 7) is 7.59. The zero-order chi connectivity index (χ0) is 18.9. The number of hydrogen-bond donors (Lipinski definition) is 2. The molecule has 2 amide bonds. The van der Waals surface area contributed by atoms with Crippen molar-refractivity contribution in [1.82, 2.24) is 10.2 Å². The van der Waals surface area contributed by atoms with Gasteiger partial charge in [-0.05, 0) is 45.7 Å². The first-order chi connectivity index (χ1) is 12.5. The van der Waals surface area contributed by atoms with Gasteiger partial charge in [0, 0.05) is 19.1 Å². The number of piperidine rings is 1. The van der Waals surface area contributed by atoms with Crippen LogP contribution in [0.3, 0.4) is 0 Å². The molecule has 7 nitrogen and oxygen atoms in total. The number of benzene rings is 1. The molecule has 0 unspecified atom stereocenters. The van der Waals surface area contributed by atoms with E-state index in [2.05, 4.69) is 10.6 Å². The lowest BCUT2D eigenvalue weighted by Crippen LogP contribution is -2.46. The summed E-state index contributed by atoms with van der Waals surface area (Å²) in [5, 5.41) is 6.15. The molecule has 0 saturated carbocycles. The Morgan fingerprint density at radius 2 is 1.92 bits per heavy atom. The van der Waals surface area contributed by atoms with E-state index in [1.807, 2.05) is 38.1 Å². The van der Waals surface area contributed by atoms with Crippen LogP contribution >= 0.6 is 0 Å². The number of amides is 2. The molecule has 2 rings (SSSR count). The second kappa shape index (κ2) is 10.0. The smallest absolute Gasteiger partial charge is 0.409 e. The summed E-state index contributed by atoms with van der Waals surface area (Å²) < 4.78 is 10.7. The number of likely N-dealkylation sites (tertiary alicyclic amines) is 1. The lowest BCUT2D eigenvalue weighted by atomic mass is 10.1. The topological polar surface area (TPSA) is 79.9 Å². The van der Waals surface area contributed by atoms with Crippen molar-refractivity contribution in [3.8, 4) is 5.75 Å². The zero-order valence-corrected chi connectivity index (χ0v) is 15.8. The maximum atomic E-state index is 12.2. The van der Waals surface area contributed by atoms with Crippen molar-refractivity contribution in [3.63, 3.8) is 0 Å². The summed E-state index contributed by atoms with van der Waals surface area (Å²) in [7, 11) is 0. The van der Waals surface area contributed by atoms with E-state index in [0.29, 0.717) is 31.1 Å². The van der Waals surface area contributed by atoms with Crippen molar-refractivity contribution in [3.05, 3.63) is 24.3 Å². The van der Waals surface area contributed by atoms with Gasteiger partial charge in [0.15, 0.2) is 0 Å². The monoisotopic (exact) mass is 363 g/mol. The first kappa shape index (κ1) is 20.0. The van der Waals surface area contributed by atoms with Crippen molar-refractivity contribution in [2.24, 2.45) is 0 Å². The highest BCUT2D eigenvalue weighted by Crippen LogP contribution is 2.24. The van der Waals surface area contributed by atoms with Crippen LogP contribution in [-0.4, -0.2) is 55.3 Å². The fourth-order valence-electron chi connectivity index (χ4n) is 2.84. The van der Waals surface area contributed by atoms with Gasteiger partial charge in [0.25, 0.3) is 0 Å². The molecule has 2 N–H and O–H groups in total. The summed E-state index contributed by atoms with van der Waals surface area (Å²) in [6, 6.07) is 7.62. The molecule has 26 heavy (non-hydrogen) atoms. The molecule has 0 spiro atoms. The van der Waals surface area contributed by atoms with Gasteiger partial charge in [-0.2, -0.15) is 0 Å². The number of rotatable bonds is 7. The molecule has 1 aliphatic heterocycles. The summed E-state index contributed by atoms with van der Waals surface area (Å²) in [5.41, 5.74) is 0.671. The highest BCUT2D eigenvalue weighted by atomic mass is 16.6. The molecule has 0 aliphatic carbocycles. The SMILES string of the molecule is CCOC(=O)N1CCC(NCC(=O)Nc2ccccc2OC(C)C)CC1. The van der Waals surface area contributed by atoms with E-state index in [1.165, 1.54) is 0 Å². The highest BCUT2D eigenvalue weighted by Gasteiger charge is 2.23. The molecule has 1 saturated heterocycles. The molecule has 0 aromatic heterocycles. The third-order valence-electron chi connectivity index (χ3n) is 4.10. The minimum absolute atomic E-state index is 0.0377. The van der Waals surface area contributed by atoms with Gasteiger partial charge in [0.1, 0.15) is 5.75 Å². The van der Waals surface area contributed by atoms with Crippen molar-refractivity contribution in [2.75, 3.05) is 31.6 Å². The largest absolute Gasteiger partial charge is 0.489 e. The van der Waals surface area contributed by atoms with Crippen LogP contribution in [0, 0.1) is 0 Å². The molecule has 7 heteroatoms. The average molecular weight is 363 g/mol. The maximum Gasteiger partial charge on any atom is 0.409 e. The number of carbonyl (C=O) groups is 2. The predicted octanol–water partition coefficient (Wildman–Crippen LogP) is 2.62. The molecule has 0 bridgehead atoms. The standard InChI is InChI=1S/C19H29N3O4/c1-4-25-19(24)22-11-9-15(10-12-22)20-13-18(23)21-16-7-5-6-8-17(16)26-14(2)3/h5-8,14-15,20H,4,9-13H2,1-3H3,(H,21,23). The normalized spacial score (nSPS) is 15.0. The summed E-state index contributed by atoms with van der Waals surface area (Å²) >= 11 is 0. The quantitative estimate of drug-likeness (QED) is 0.778. The zero-order valence-electron chi connectivity index (χ0n) is 15.8. The third-order valence-corrected chi connectivity index (χ3v) is 4.10. The fourth-order valence-corrected chi connectivity index (χ4v) is 2.84. The molecule has 144 valence electrons. The van der Waals surface area contributed by atoms with E-state index in [-0.39, 0.29) is 30.7 Å². The summed E-state index contributed by atoms with van der Waals surface area (Å²) in [4.78, 5) is 25.6. The molecule has 1 aromatic carbocycles. The first-order valence-corrected chi connectivity index (χ1v) is 9.20. The Kier molecular flexibility index (Phi) is 7.72. The van der Waals surface area contributed by atoms with Crippen molar-refractivity contribution in [1.29, 1.82) is 0 Å². The van der Waals surface area contributed by atoms with E-state index in [0.717, 1.165) is 12.8 Å². The van der Waals surface area contributed by atoms with Gasteiger partial charge in [-0.3, -0.25) is 4.79 Å². The van der Waals surface area contributed by atoms with Crippen LogP contribution in [0.5, 0.6) is 5.75 Å². The Morgan fingerprint density at radius 1 is 1.23 bits per heavy atom. The highest BCUT2D eigenvalue weighted by molar-refractivity contribution is 5.93. The van der Waals surface area contributed by atoms with Gasteiger partial charge in [-0.15, -0.1) is 0 Å². The molecule has 1 aliphatic rings. The number of ether oxygens (including phenoxy) is 2. The van der Waals surface area contributed by atoms with Gasteiger partial charge < -0.3 is 25.0 Å². The Morgan fingerprint density at radius 3 is 2.58 bits per heavy atom. The number of hydrogen-bond acceptors (Lipinski definition) is 5. The molecule has 1 fully saturated rings. The second-order valence-corrected chi connectivity index (χ2v) is 6.55. The second-order valence-electron chi connectivity index (χ2n) is 6.55. The number of anilines is 1. The van der Waals surface area contributed by atoms with Crippen LogP contribution < -0.4 is 15.4 Å². The molecule has 1 heterocycles. The van der Waals surface area contributed by atoms with Crippen LogP contribution in [0.2, 0.25) is 0 Å². The summed E-state index contributed by atoms with van der Waals surface area (Å²) in [5.74, 6) is 0.552. The van der Waals surface area contributed by atoms with Crippen LogP contribution in [0.25, 0.3) is 0 Å². The van der Waals surface area contributed by atoms with E-state index >= 15 is 0 Å². The van der Waals surface area contributed by atoms with Gasteiger partial charge in [0.2, 0.25) is 5.91 Å². The van der Waals surface area contributed by atoms with Gasteiger partial charge >= 0.3 is 6.09 Å². The van der Waals surface area contributed by atoms with E-state index < -0.39 is 0 Å². The fraction of sp³-hybridized carbons (Fsp3) is 0.579. The van der Waals surface area contributed by atoms with E-state index in [4.69, 9.17) is 9.47 Å². The lowest BCUT2D eigenvalue weighted by molar-refractivity contribution is -0.115. The van der Waals surface area contributed by atoms with Crippen LogP contribution in [0.15, 0.2) is 24.3 Å². The number of nitrogens with zero attached hydrogens (tertiary/aromatic N) is 1. The Labute approximate surface area is 155 Å². The van der Waals surface area contributed by atoms with Gasteiger partial charge in [-0.25, -0.2) is 4.79 Å². The molecular formula is C19H29N3O4. The molecule has 1 aromatic rings. The average Bonchev–Trinajstić information content (AvgIpc) is 2.62. The Balaban J connectivity index is 1.76. The maximum absolute atomic E-state index is 12.2. The van der Waals surface area contributed by atoms with Crippen LogP contribution in [0.1, 0.15) is 33.6 Å². The number of para-hydroxylation sites is 2. The van der Waals surface area contributed by atoms with E-state index in [1.54, 1.807) is 11.8 Å². The van der Waals surface area contributed by atoms with Crippen LogP contribution in [-0.2, 0) is 9.53 Å². The number of nitrogens with one attached hydrogen (secondary N) is 2. The molecule has 0 radical (unpaired) electrons. The van der Waals surface area contributed by atoms with E-state index in [9.17, 15) is 9.59 Å². The minimum Gasteiger partial charge on any atom is -0.489 e. The predicted molar refractivity (Wildman–Crippen MR) is 100 cm³/mol. The number of carbonyl (C=O) groups excluding carboxylic acids is 2. The third kappa shape index (κ3) is 6.22. The van der Waals surface area contributed by atoms with Crippen molar-refractivity contribution < 1.29 is 19.1 Å². The van der Waals surface area contributed by atoms with Gasteiger partial charge in [0.05, 0.1) is 24.9 Å². The Hall–Kier alpha value is -2.28. The summed E-state index contributed by atoms with van der Waals surface area (Å²) in [6.07, 6.45) is 1.39. The Bertz CT molecular complexity index is 598. The van der Waals surface area contributed by atoms with Crippen molar-refractivity contribution in [2.45, 2.75) is 45.8 Å². The minimum atomic E-state index is -0.259. The molecular weight excluding hydrogens is 334 g/mol. The van der Waals surface area contributed by atoms with Gasteiger partial charge in [-0.1, -0.05) is 12.1 Å². The van der Waals surface area contributed by atoms with Crippen molar-refractivity contribution >= 4 is 17.7 Å². The van der Waals surface area contributed by atoms with Crippen LogP contribution in [0.4, 0.5) is 10.5 Å². The first-order valence-electron chi connectivity index (χ1n) is 9.20. The lowest BCUT2D eigenvalue weighted by Gasteiger charge is -2.31. The molecule has 0 atom stereocenters.